The minimum Gasteiger partial charge on any atom is -0.299 e. The van der Waals surface area contributed by atoms with Gasteiger partial charge in [-0.15, -0.1) is 0 Å². The number of Topliss-reactive ketones (excluding diaryl/α,β-unsaturated/α-hetero) is 2. The summed E-state index contributed by atoms with van der Waals surface area (Å²) in [5.41, 5.74) is 0. The number of hydrogen-bond donors (Lipinski definition) is 0. The second kappa shape index (κ2) is 12.9. The first-order chi connectivity index (χ1) is 7.20. The molecule has 0 aromatic carbocycles. The van der Waals surface area contributed by atoms with Crippen LogP contribution in [0.3, 0.4) is 0 Å². The minimum absolute atomic E-state index is 0. The third-order valence-corrected chi connectivity index (χ3v) is 2.41. The van der Waals surface area contributed by atoms with Crippen LogP contribution in [-0.2, 0) is 26.7 Å². The van der Waals surface area contributed by atoms with Gasteiger partial charge in [0.1, 0.15) is 11.6 Å². The maximum atomic E-state index is 11.3. The van der Waals surface area contributed by atoms with Gasteiger partial charge < -0.3 is 0 Å². The molecule has 0 amide bonds. The molecule has 95 valence electrons. The van der Waals surface area contributed by atoms with E-state index in [2.05, 4.69) is 13.8 Å². The van der Waals surface area contributed by atoms with Crippen molar-refractivity contribution in [3.05, 3.63) is 6.92 Å². The van der Waals surface area contributed by atoms with Crippen molar-refractivity contribution in [3.8, 4) is 0 Å². The van der Waals surface area contributed by atoms with Gasteiger partial charge in [0.25, 0.3) is 0 Å². The van der Waals surface area contributed by atoms with Crippen molar-refractivity contribution in [2.45, 2.75) is 64.7 Å². The van der Waals surface area contributed by atoms with Crippen LogP contribution in [0.2, 0.25) is 0 Å². The van der Waals surface area contributed by atoms with Gasteiger partial charge in [0.05, 0.1) is 6.42 Å². The molecule has 1 radical (unpaired) electrons. The summed E-state index contributed by atoms with van der Waals surface area (Å²) in [6.07, 6.45) is 7.15. The number of rotatable bonds is 10. The van der Waals surface area contributed by atoms with Crippen molar-refractivity contribution >= 4 is 11.6 Å². The molecule has 0 fully saturated rings. The van der Waals surface area contributed by atoms with Crippen LogP contribution in [0.15, 0.2) is 0 Å². The van der Waals surface area contributed by atoms with E-state index < -0.39 is 0 Å². The average molecular weight is 267 g/mol. The minimum atomic E-state index is 0. The number of ketones is 2. The summed E-state index contributed by atoms with van der Waals surface area (Å²) in [5.74, 6) is 0.216. The number of hydrogen-bond acceptors (Lipinski definition) is 2. The zero-order chi connectivity index (χ0) is 11.5. The molecule has 0 aliphatic carbocycles. The van der Waals surface area contributed by atoms with E-state index in [-0.39, 0.29) is 35.1 Å². The molecular formula is C13H23FeO2. The standard InChI is InChI=1S/C13H23O2.Fe/c1-3-5-7-9-12(14)11-13(15)10-8-6-4-2;/h1,3-11H2,2H3;. The predicted octanol–water partition coefficient (Wildman–Crippen LogP) is 3.49. The average Bonchev–Trinajstić information content (AvgIpc) is 2.18. The molecule has 0 aromatic rings. The second-order valence-corrected chi connectivity index (χ2v) is 4.02. The summed E-state index contributed by atoms with van der Waals surface area (Å²) >= 11 is 0. The molecule has 0 saturated heterocycles. The number of carbonyl (C=O) groups is 2. The van der Waals surface area contributed by atoms with E-state index in [0.29, 0.717) is 12.8 Å². The Balaban J connectivity index is 0. The van der Waals surface area contributed by atoms with E-state index in [0.717, 1.165) is 38.5 Å². The Labute approximate surface area is 110 Å². The van der Waals surface area contributed by atoms with Crippen molar-refractivity contribution < 1.29 is 26.7 Å². The molecule has 0 bridgehead atoms. The Morgan fingerprint density at radius 3 is 1.88 bits per heavy atom. The summed E-state index contributed by atoms with van der Waals surface area (Å²) in [4.78, 5) is 22.6. The summed E-state index contributed by atoms with van der Waals surface area (Å²) in [7, 11) is 0. The van der Waals surface area contributed by atoms with Gasteiger partial charge in [-0.05, 0) is 12.8 Å². The first kappa shape index (κ1) is 18.2. The first-order valence-electron chi connectivity index (χ1n) is 6.03. The third-order valence-electron chi connectivity index (χ3n) is 2.41. The van der Waals surface area contributed by atoms with Crippen molar-refractivity contribution in [2.75, 3.05) is 0 Å². The Kier molecular flexibility index (Phi) is 14.7. The van der Waals surface area contributed by atoms with Crippen molar-refractivity contribution in [3.63, 3.8) is 0 Å². The largest absolute Gasteiger partial charge is 0.299 e. The fourth-order valence-electron chi connectivity index (χ4n) is 1.47. The van der Waals surface area contributed by atoms with Crippen molar-refractivity contribution in [1.82, 2.24) is 0 Å². The van der Waals surface area contributed by atoms with Gasteiger partial charge >= 0.3 is 0 Å². The van der Waals surface area contributed by atoms with E-state index >= 15 is 0 Å². The van der Waals surface area contributed by atoms with Crippen LogP contribution in [0.5, 0.6) is 0 Å². The molecule has 0 N–H and O–H groups in total. The van der Waals surface area contributed by atoms with Gasteiger partial charge in [-0.25, -0.2) is 0 Å². The maximum absolute atomic E-state index is 11.3. The molecule has 3 heteroatoms. The predicted molar refractivity (Wildman–Crippen MR) is 62.6 cm³/mol. The monoisotopic (exact) mass is 267 g/mol. The number of unbranched alkanes of at least 4 members (excludes halogenated alkanes) is 4. The summed E-state index contributed by atoms with van der Waals surface area (Å²) in [6.45, 7) is 5.82. The smallest absolute Gasteiger partial charge is 0.140 e. The van der Waals surface area contributed by atoms with Gasteiger partial charge in [-0.1, -0.05) is 39.5 Å². The van der Waals surface area contributed by atoms with Crippen LogP contribution in [0.1, 0.15) is 64.7 Å². The van der Waals surface area contributed by atoms with Gasteiger partial charge in [0.2, 0.25) is 0 Å². The SMILES string of the molecule is [CH2]CCCCC(=O)CC(=O)CCCCC.[Fe]. The van der Waals surface area contributed by atoms with Crippen LogP contribution in [0, 0.1) is 6.92 Å². The quantitative estimate of drug-likeness (QED) is 0.345. The Morgan fingerprint density at radius 1 is 0.938 bits per heavy atom. The molecule has 0 aliphatic rings. The van der Waals surface area contributed by atoms with Gasteiger partial charge in [-0.2, -0.15) is 0 Å². The molecule has 0 aliphatic heterocycles. The van der Waals surface area contributed by atoms with Gasteiger partial charge in [-0.3, -0.25) is 9.59 Å². The zero-order valence-corrected chi connectivity index (χ0v) is 11.3. The normalized spacial score (nSPS) is 9.62. The summed E-state index contributed by atoms with van der Waals surface area (Å²) < 4.78 is 0. The third kappa shape index (κ3) is 11.9. The summed E-state index contributed by atoms with van der Waals surface area (Å²) in [5, 5.41) is 0. The molecule has 0 aromatic heterocycles. The Morgan fingerprint density at radius 2 is 1.44 bits per heavy atom. The van der Waals surface area contributed by atoms with Crippen molar-refractivity contribution in [1.29, 1.82) is 0 Å². The van der Waals surface area contributed by atoms with E-state index in [1.165, 1.54) is 0 Å². The molecule has 0 unspecified atom stereocenters. The van der Waals surface area contributed by atoms with Gasteiger partial charge in [0, 0.05) is 29.9 Å². The fraction of sp³-hybridized carbons (Fsp3) is 0.769. The van der Waals surface area contributed by atoms with E-state index in [9.17, 15) is 9.59 Å². The zero-order valence-electron chi connectivity index (χ0n) is 10.2. The molecule has 0 spiro atoms. The second-order valence-electron chi connectivity index (χ2n) is 4.02. The summed E-state index contributed by atoms with van der Waals surface area (Å²) in [6, 6.07) is 0. The first-order valence-corrected chi connectivity index (χ1v) is 6.03. The fourth-order valence-corrected chi connectivity index (χ4v) is 1.47. The molecular weight excluding hydrogens is 244 g/mol. The topological polar surface area (TPSA) is 34.1 Å². The van der Waals surface area contributed by atoms with E-state index in [1.54, 1.807) is 0 Å². The van der Waals surface area contributed by atoms with Crippen LogP contribution >= 0.6 is 0 Å². The van der Waals surface area contributed by atoms with Crippen LogP contribution in [0.25, 0.3) is 0 Å². The van der Waals surface area contributed by atoms with Crippen LogP contribution in [-0.4, -0.2) is 11.6 Å². The number of carbonyl (C=O) groups excluding carboxylic acids is 2. The van der Waals surface area contributed by atoms with E-state index in [1.807, 2.05) is 0 Å². The van der Waals surface area contributed by atoms with Gasteiger partial charge in [0.15, 0.2) is 0 Å². The molecule has 0 atom stereocenters. The Hall–Kier alpha value is -0.141. The molecule has 2 nitrogen and oxygen atoms in total. The molecule has 0 heterocycles. The molecule has 0 saturated carbocycles. The molecule has 0 rings (SSSR count). The van der Waals surface area contributed by atoms with Crippen LogP contribution < -0.4 is 0 Å². The van der Waals surface area contributed by atoms with E-state index in [4.69, 9.17) is 0 Å². The maximum Gasteiger partial charge on any atom is 0.140 e. The molecule has 16 heavy (non-hydrogen) atoms. The van der Waals surface area contributed by atoms with Crippen molar-refractivity contribution in [2.24, 2.45) is 0 Å². The Bertz CT molecular complexity index is 170. The van der Waals surface area contributed by atoms with Crippen LogP contribution in [0.4, 0.5) is 0 Å².